The molecule has 0 aromatic carbocycles. The fourth-order valence-corrected chi connectivity index (χ4v) is 2.67. The third-order valence-electron chi connectivity index (χ3n) is 5.28. The molecule has 0 rings (SSSR count). The minimum atomic E-state index is -8.66. The van der Waals surface area contributed by atoms with Crippen LogP contribution in [0.2, 0.25) is 0 Å². The lowest BCUT2D eigenvalue weighted by Crippen LogP contribution is -2.74. The monoisotopic (exact) mass is 601 g/mol. The first-order chi connectivity index (χ1) is 16.6. The van der Waals surface area contributed by atoms with Crippen LogP contribution < -0.4 is 0 Å². The van der Waals surface area contributed by atoms with Crippen molar-refractivity contribution < 1.29 is 79.4 Å². The van der Waals surface area contributed by atoms with Crippen molar-refractivity contribution in [2.75, 3.05) is 13.1 Å². The number of amides is 1. The molecule has 0 aliphatic carbocycles. The van der Waals surface area contributed by atoms with E-state index in [2.05, 4.69) is 6.58 Å². The Balaban J connectivity index is 6.48. The maximum Gasteiger partial charge on any atom is 0.460 e. The SMILES string of the molecule is C=C(CC)C(=O)N(CCCC)CCC(F)(F)C(F)(F)C(F)(F)C(F)(F)C(F)(F)C(F)(F)C(F)(F)C(F)(F)F. The Labute approximate surface area is 203 Å². The molecule has 2 nitrogen and oxygen atoms in total. The summed E-state index contributed by atoms with van der Waals surface area (Å²) in [6.45, 7) is 3.90. The van der Waals surface area contributed by atoms with Gasteiger partial charge in [0.05, 0.1) is 0 Å². The Hall–Kier alpha value is -1.98. The van der Waals surface area contributed by atoms with Crippen molar-refractivity contribution in [3.05, 3.63) is 12.2 Å². The topological polar surface area (TPSA) is 20.3 Å². The van der Waals surface area contributed by atoms with Gasteiger partial charge in [0.15, 0.2) is 0 Å². The Kier molecular flexibility index (Phi) is 10.3. The van der Waals surface area contributed by atoms with Gasteiger partial charge >= 0.3 is 47.6 Å². The Bertz CT molecular complexity index is 847. The highest BCUT2D eigenvalue weighted by Gasteiger charge is 2.95. The van der Waals surface area contributed by atoms with Gasteiger partial charge in [-0.1, -0.05) is 26.8 Å². The van der Waals surface area contributed by atoms with Crippen LogP contribution >= 0.6 is 0 Å². The summed E-state index contributed by atoms with van der Waals surface area (Å²) in [5.41, 5.74) is -0.319. The van der Waals surface area contributed by atoms with Crippen LogP contribution in [-0.2, 0) is 4.79 Å². The van der Waals surface area contributed by atoms with Crippen molar-refractivity contribution in [2.45, 2.75) is 87.2 Å². The van der Waals surface area contributed by atoms with Crippen molar-refractivity contribution in [3.8, 4) is 0 Å². The molecule has 19 heteroatoms. The molecule has 38 heavy (non-hydrogen) atoms. The van der Waals surface area contributed by atoms with E-state index in [9.17, 15) is 79.4 Å². The van der Waals surface area contributed by atoms with E-state index in [0.717, 1.165) is 0 Å². The van der Waals surface area contributed by atoms with Gasteiger partial charge in [-0.2, -0.15) is 74.6 Å². The highest BCUT2D eigenvalue weighted by atomic mass is 19.4. The molecule has 0 aromatic rings. The third kappa shape index (κ3) is 5.65. The van der Waals surface area contributed by atoms with Gasteiger partial charge in [0.25, 0.3) is 0 Å². The summed E-state index contributed by atoms with van der Waals surface area (Å²) < 4.78 is 227. The van der Waals surface area contributed by atoms with Gasteiger partial charge in [0.1, 0.15) is 0 Å². The van der Waals surface area contributed by atoms with Crippen LogP contribution in [0.3, 0.4) is 0 Å². The van der Waals surface area contributed by atoms with E-state index < -0.39 is 73.1 Å². The van der Waals surface area contributed by atoms with E-state index in [1.54, 1.807) is 0 Å². The van der Waals surface area contributed by atoms with Crippen molar-refractivity contribution in [1.29, 1.82) is 0 Å². The van der Waals surface area contributed by atoms with Gasteiger partial charge in [-0.25, -0.2) is 0 Å². The number of rotatable bonds is 14. The Morgan fingerprint density at radius 3 is 1.32 bits per heavy atom. The molecule has 1 amide bonds. The van der Waals surface area contributed by atoms with Crippen LogP contribution in [0.25, 0.3) is 0 Å². The zero-order chi connectivity index (χ0) is 31.0. The molecule has 0 unspecified atom stereocenters. The van der Waals surface area contributed by atoms with Crippen LogP contribution in [0.5, 0.6) is 0 Å². The standard InChI is InChI=1S/C19H20F17NO/c1-4-6-8-37(11(38)10(3)5-2)9-7-12(20,21)13(22,23)14(24,25)15(26,27)16(28,29)17(30,31)18(32,33)19(34,35)36/h3-9H2,1-2H3. The molecule has 0 fully saturated rings. The van der Waals surface area contributed by atoms with Crippen LogP contribution in [-0.4, -0.2) is 71.5 Å². The summed E-state index contributed by atoms with van der Waals surface area (Å²) in [4.78, 5) is 12.4. The minimum Gasteiger partial charge on any atom is -0.339 e. The summed E-state index contributed by atoms with van der Waals surface area (Å²) in [7, 11) is 0. The number of unbranched alkanes of at least 4 members (excludes halogenated alkanes) is 1. The van der Waals surface area contributed by atoms with E-state index in [0.29, 0.717) is 4.90 Å². The lowest BCUT2D eigenvalue weighted by molar-refractivity contribution is -0.461. The average molecular weight is 601 g/mol. The second kappa shape index (κ2) is 10.9. The molecule has 226 valence electrons. The first kappa shape index (κ1) is 36.0. The number of hydrogen-bond acceptors (Lipinski definition) is 1. The van der Waals surface area contributed by atoms with Gasteiger partial charge in [-0.15, -0.1) is 0 Å². The second-order valence-corrected chi connectivity index (χ2v) is 8.00. The summed E-state index contributed by atoms with van der Waals surface area (Å²) >= 11 is 0. The summed E-state index contributed by atoms with van der Waals surface area (Å²) in [6, 6.07) is 0. The molecule has 0 radical (unpaired) electrons. The van der Waals surface area contributed by atoms with Crippen LogP contribution in [0.4, 0.5) is 74.6 Å². The second-order valence-electron chi connectivity index (χ2n) is 8.00. The molecule has 0 spiro atoms. The molecule has 0 saturated carbocycles. The van der Waals surface area contributed by atoms with E-state index in [1.807, 2.05) is 0 Å². The first-order valence-corrected chi connectivity index (χ1v) is 10.2. The molecule has 0 bridgehead atoms. The van der Waals surface area contributed by atoms with Crippen molar-refractivity contribution >= 4 is 5.91 Å². The summed E-state index contributed by atoms with van der Waals surface area (Å²) in [5, 5.41) is 0. The van der Waals surface area contributed by atoms with E-state index in [1.165, 1.54) is 13.8 Å². The predicted molar refractivity (Wildman–Crippen MR) is 96.2 cm³/mol. The van der Waals surface area contributed by atoms with Gasteiger partial charge in [-0.3, -0.25) is 4.79 Å². The fourth-order valence-electron chi connectivity index (χ4n) is 2.67. The maximum absolute atomic E-state index is 14.1. The molecule has 0 aliphatic rings. The minimum absolute atomic E-state index is 0.00630. The first-order valence-electron chi connectivity index (χ1n) is 10.2. The normalized spacial score (nSPS) is 15.0. The van der Waals surface area contributed by atoms with Gasteiger partial charge < -0.3 is 4.90 Å². The molecule has 0 heterocycles. The van der Waals surface area contributed by atoms with E-state index in [-0.39, 0.29) is 24.8 Å². The largest absolute Gasteiger partial charge is 0.460 e. The summed E-state index contributed by atoms with van der Waals surface area (Å²) in [5.74, 6) is -57.8. The Morgan fingerprint density at radius 1 is 0.605 bits per heavy atom. The maximum atomic E-state index is 14.1. The van der Waals surface area contributed by atoms with Gasteiger partial charge in [-0.05, 0) is 12.8 Å². The van der Waals surface area contributed by atoms with Gasteiger partial charge in [0.2, 0.25) is 5.91 Å². The van der Waals surface area contributed by atoms with Crippen LogP contribution in [0, 0.1) is 0 Å². The van der Waals surface area contributed by atoms with Crippen molar-refractivity contribution in [2.24, 2.45) is 0 Å². The zero-order valence-electron chi connectivity index (χ0n) is 19.2. The van der Waals surface area contributed by atoms with E-state index in [4.69, 9.17) is 0 Å². The molecule has 0 aliphatic heterocycles. The number of nitrogens with zero attached hydrogens (tertiary/aromatic N) is 1. The smallest absolute Gasteiger partial charge is 0.339 e. The quantitative estimate of drug-likeness (QED) is 0.146. The molecule has 0 saturated heterocycles. The lowest BCUT2D eigenvalue weighted by atomic mass is 9.88. The number of halogens is 17. The lowest BCUT2D eigenvalue weighted by Gasteiger charge is -2.43. The average Bonchev–Trinajstić information content (AvgIpc) is 2.76. The highest BCUT2D eigenvalue weighted by Crippen LogP contribution is 2.64. The molecule has 0 aromatic heterocycles. The highest BCUT2D eigenvalue weighted by molar-refractivity contribution is 5.92. The predicted octanol–water partition coefficient (Wildman–Crippen LogP) is 7.98. The van der Waals surface area contributed by atoms with Crippen molar-refractivity contribution in [1.82, 2.24) is 4.90 Å². The number of carbonyl (C=O) groups is 1. The third-order valence-corrected chi connectivity index (χ3v) is 5.28. The zero-order valence-corrected chi connectivity index (χ0v) is 19.2. The number of carbonyl (C=O) groups excluding carboxylic acids is 1. The van der Waals surface area contributed by atoms with Crippen LogP contribution in [0.15, 0.2) is 12.2 Å². The van der Waals surface area contributed by atoms with Gasteiger partial charge in [0, 0.05) is 25.1 Å². The van der Waals surface area contributed by atoms with E-state index >= 15 is 0 Å². The van der Waals surface area contributed by atoms with Crippen LogP contribution in [0.1, 0.15) is 39.5 Å². The number of hydrogen-bond donors (Lipinski definition) is 0. The molecule has 0 N–H and O–H groups in total. The fraction of sp³-hybridized carbons (Fsp3) is 0.842. The molecular weight excluding hydrogens is 581 g/mol. The van der Waals surface area contributed by atoms with Crippen molar-refractivity contribution in [3.63, 3.8) is 0 Å². The molecular formula is C19H20F17NO. The molecule has 0 atom stereocenters. The Morgan fingerprint density at radius 2 is 0.974 bits per heavy atom. The summed E-state index contributed by atoms with van der Waals surface area (Å²) in [6.07, 6.45) is -10.4. The number of alkyl halides is 17.